The van der Waals surface area contributed by atoms with Gasteiger partial charge < -0.3 is 14.5 Å². The molecule has 1 aromatic rings. The first-order valence-electron chi connectivity index (χ1n) is 4.44. The zero-order chi connectivity index (χ0) is 13.9. The highest BCUT2D eigenvalue weighted by Gasteiger charge is 2.33. The first-order valence-corrected chi connectivity index (χ1v) is 5.57. The molecule has 0 bridgehead atoms. The second-order valence-corrected chi connectivity index (χ2v) is 3.59. The monoisotopic (exact) mass is 329 g/mol. The molecular weight excluding hydrogens is 323 g/mol. The Morgan fingerprint density at radius 2 is 2.11 bits per heavy atom. The van der Waals surface area contributed by atoms with E-state index in [-0.39, 0.29) is 16.6 Å². The van der Waals surface area contributed by atoms with Crippen LogP contribution in [0.4, 0.5) is 13.2 Å². The van der Waals surface area contributed by atoms with Gasteiger partial charge in [-0.3, -0.25) is 4.79 Å². The van der Waals surface area contributed by atoms with Gasteiger partial charge in [0.1, 0.15) is 11.4 Å². The summed E-state index contributed by atoms with van der Waals surface area (Å²) in [7, 11) is 1.04. The van der Waals surface area contributed by atoms with E-state index in [4.69, 9.17) is 0 Å². The predicted molar refractivity (Wildman–Crippen MR) is 57.7 cm³/mol. The van der Waals surface area contributed by atoms with Crippen LogP contribution in [-0.4, -0.2) is 24.4 Å². The Morgan fingerprint density at radius 1 is 1.50 bits per heavy atom. The van der Waals surface area contributed by atoms with Crippen molar-refractivity contribution in [2.24, 2.45) is 0 Å². The van der Waals surface area contributed by atoms with E-state index in [1.54, 1.807) is 0 Å². The normalized spacial score (nSPS) is 11.2. The second kappa shape index (κ2) is 5.42. The van der Waals surface area contributed by atoms with Crippen molar-refractivity contribution >= 4 is 21.9 Å². The number of methoxy groups -OCH3 is 1. The number of H-pyrrole nitrogens is 1. The van der Waals surface area contributed by atoms with E-state index >= 15 is 0 Å². The Labute approximate surface area is 107 Å². The number of ether oxygens (including phenoxy) is 2. The Balaban J connectivity index is 3.38. The molecule has 5 nitrogen and oxygen atoms in total. The van der Waals surface area contributed by atoms with Crippen molar-refractivity contribution in [3.05, 3.63) is 27.7 Å². The van der Waals surface area contributed by atoms with Gasteiger partial charge in [0.2, 0.25) is 0 Å². The number of hydrogen-bond acceptors (Lipinski definition) is 4. The van der Waals surface area contributed by atoms with Crippen LogP contribution in [-0.2, 0) is 10.1 Å². The molecule has 0 aromatic carbocycles. The molecule has 0 saturated heterocycles. The van der Waals surface area contributed by atoms with Crippen LogP contribution in [0.15, 0.2) is 10.9 Å². The second-order valence-electron chi connectivity index (χ2n) is 3.02. The van der Waals surface area contributed by atoms with Crippen molar-refractivity contribution in [3.8, 4) is 5.75 Å². The number of esters is 1. The lowest BCUT2D eigenvalue weighted by Crippen LogP contribution is -2.23. The van der Waals surface area contributed by atoms with Crippen molar-refractivity contribution in [1.29, 1.82) is 0 Å². The maximum Gasteiger partial charge on any atom is 0.573 e. The van der Waals surface area contributed by atoms with Gasteiger partial charge in [-0.25, -0.2) is 4.79 Å². The maximum absolute atomic E-state index is 12.1. The number of carbonyl (C=O) groups is 1. The van der Waals surface area contributed by atoms with Gasteiger partial charge in [-0.05, 0) is 0 Å². The van der Waals surface area contributed by atoms with Crippen molar-refractivity contribution in [2.75, 3.05) is 7.11 Å². The average molecular weight is 330 g/mol. The molecule has 0 unspecified atom stereocenters. The minimum Gasteiger partial charge on any atom is -0.464 e. The van der Waals surface area contributed by atoms with Gasteiger partial charge in [0.25, 0.3) is 5.56 Å². The topological polar surface area (TPSA) is 68.4 Å². The summed E-state index contributed by atoms with van der Waals surface area (Å²) in [5.74, 6) is -1.71. The molecule has 0 aliphatic rings. The molecule has 0 atom stereocenters. The molecule has 0 fully saturated rings. The zero-order valence-electron chi connectivity index (χ0n) is 8.93. The third-order valence-electron chi connectivity index (χ3n) is 1.86. The van der Waals surface area contributed by atoms with Crippen LogP contribution in [0.5, 0.6) is 5.75 Å². The number of aromatic nitrogens is 1. The minimum atomic E-state index is -4.96. The molecule has 18 heavy (non-hydrogen) atoms. The molecule has 0 saturated carbocycles. The lowest BCUT2D eigenvalue weighted by Gasteiger charge is -2.13. The number of rotatable bonds is 3. The van der Waals surface area contributed by atoms with Crippen LogP contribution in [0.3, 0.4) is 0 Å². The summed E-state index contributed by atoms with van der Waals surface area (Å²) in [6.45, 7) is 0. The first kappa shape index (κ1) is 14.6. The van der Waals surface area contributed by atoms with Gasteiger partial charge in [-0.15, -0.1) is 13.2 Å². The third kappa shape index (κ3) is 3.49. The van der Waals surface area contributed by atoms with Gasteiger partial charge in [0.15, 0.2) is 0 Å². The van der Waals surface area contributed by atoms with Gasteiger partial charge in [-0.1, -0.05) is 15.9 Å². The number of aromatic amines is 1. The highest BCUT2D eigenvalue weighted by Crippen LogP contribution is 2.28. The van der Waals surface area contributed by atoms with Crippen molar-refractivity contribution in [2.45, 2.75) is 11.7 Å². The molecule has 9 heteroatoms. The lowest BCUT2D eigenvalue weighted by atomic mass is 10.2. The average Bonchev–Trinajstić information content (AvgIpc) is 2.25. The maximum atomic E-state index is 12.1. The van der Waals surface area contributed by atoms with E-state index < -0.39 is 23.6 Å². The zero-order valence-corrected chi connectivity index (χ0v) is 10.5. The van der Waals surface area contributed by atoms with E-state index in [0.717, 1.165) is 7.11 Å². The Bertz CT molecular complexity index is 512. The van der Waals surface area contributed by atoms with Gasteiger partial charge in [-0.2, -0.15) is 0 Å². The molecule has 100 valence electrons. The minimum absolute atomic E-state index is 0.125. The Hall–Kier alpha value is -1.51. The van der Waals surface area contributed by atoms with E-state index in [2.05, 4.69) is 30.4 Å². The van der Waals surface area contributed by atoms with Crippen molar-refractivity contribution in [3.63, 3.8) is 0 Å². The summed E-state index contributed by atoms with van der Waals surface area (Å²) in [5, 5.41) is -0.125. The van der Waals surface area contributed by atoms with E-state index in [9.17, 15) is 22.8 Å². The fourth-order valence-electron chi connectivity index (χ4n) is 1.19. The van der Waals surface area contributed by atoms with Gasteiger partial charge in [0, 0.05) is 17.0 Å². The molecule has 1 rings (SSSR count). The summed E-state index contributed by atoms with van der Waals surface area (Å²) >= 11 is 2.91. The molecule has 1 heterocycles. The first-order chi connectivity index (χ1) is 8.28. The number of hydrogen-bond donors (Lipinski definition) is 1. The largest absolute Gasteiger partial charge is 0.573 e. The predicted octanol–water partition coefficient (Wildman–Crippen LogP) is 1.96. The van der Waals surface area contributed by atoms with E-state index in [1.165, 1.54) is 0 Å². The molecule has 0 aliphatic carbocycles. The molecule has 0 aliphatic heterocycles. The molecule has 1 N–H and O–H groups in total. The summed E-state index contributed by atoms with van der Waals surface area (Å²) in [4.78, 5) is 24.6. The number of pyridine rings is 1. The van der Waals surface area contributed by atoms with Crippen LogP contribution >= 0.6 is 15.9 Å². The summed E-state index contributed by atoms with van der Waals surface area (Å²) < 4.78 is 44.4. The lowest BCUT2D eigenvalue weighted by molar-refractivity contribution is -0.274. The standard InChI is InChI=1S/C9H7BrF3NO4/c1-17-8(16)7-4(3-10)5(2-6(15)14-7)18-9(11,12)13/h2H,3H2,1H3,(H,14,15). The smallest absolute Gasteiger partial charge is 0.464 e. The number of alkyl halides is 4. The molecule has 1 aromatic heterocycles. The van der Waals surface area contributed by atoms with Crippen LogP contribution < -0.4 is 10.3 Å². The van der Waals surface area contributed by atoms with Crippen LogP contribution in [0, 0.1) is 0 Å². The van der Waals surface area contributed by atoms with Crippen LogP contribution in [0.1, 0.15) is 16.1 Å². The molecule has 0 spiro atoms. The molecular formula is C9H7BrF3NO4. The summed E-state index contributed by atoms with van der Waals surface area (Å²) in [6.07, 6.45) is -4.96. The SMILES string of the molecule is COC(=O)c1[nH]c(=O)cc(OC(F)(F)F)c1CBr. The van der Waals surface area contributed by atoms with E-state index in [0.29, 0.717) is 6.07 Å². The van der Waals surface area contributed by atoms with Crippen molar-refractivity contribution in [1.82, 2.24) is 4.98 Å². The van der Waals surface area contributed by atoms with Gasteiger partial charge in [0.05, 0.1) is 7.11 Å². The fourth-order valence-corrected chi connectivity index (χ4v) is 1.75. The summed E-state index contributed by atoms with van der Waals surface area (Å²) in [5.41, 5.74) is -1.45. The van der Waals surface area contributed by atoms with Gasteiger partial charge >= 0.3 is 12.3 Å². The highest BCUT2D eigenvalue weighted by atomic mass is 79.9. The van der Waals surface area contributed by atoms with Crippen molar-refractivity contribution < 1.29 is 27.4 Å². The van der Waals surface area contributed by atoms with Crippen LogP contribution in [0.25, 0.3) is 0 Å². The number of carbonyl (C=O) groups excluding carboxylic acids is 1. The number of nitrogens with one attached hydrogen (secondary N) is 1. The van der Waals surface area contributed by atoms with E-state index in [1.807, 2.05) is 0 Å². The fraction of sp³-hybridized carbons (Fsp3) is 0.333. The Morgan fingerprint density at radius 3 is 2.56 bits per heavy atom. The summed E-state index contributed by atoms with van der Waals surface area (Å²) in [6, 6.07) is 0.608. The number of halogens is 4. The Kier molecular flexibility index (Phi) is 4.38. The quantitative estimate of drug-likeness (QED) is 0.680. The molecule has 0 radical (unpaired) electrons. The highest BCUT2D eigenvalue weighted by molar-refractivity contribution is 9.08. The van der Waals surface area contributed by atoms with Crippen LogP contribution in [0.2, 0.25) is 0 Å². The third-order valence-corrected chi connectivity index (χ3v) is 2.42. The molecule has 0 amide bonds.